The summed E-state index contributed by atoms with van der Waals surface area (Å²) in [6.45, 7) is 4.25. The number of halogens is 1. The number of benzene rings is 1. The molecule has 1 aromatic rings. The maximum atomic E-state index is 11.5. The minimum Gasteiger partial charge on any atom is -0.355 e. The van der Waals surface area contributed by atoms with Crippen molar-refractivity contribution in [2.45, 2.75) is 19.9 Å². The van der Waals surface area contributed by atoms with E-state index in [9.17, 15) is 4.79 Å². The summed E-state index contributed by atoms with van der Waals surface area (Å²) in [5, 5.41) is 9.10. The SMILES string of the molecule is CCNC(=O)[C@@H](C)NC(=S)Nc1cccc(Br)c1. The molecule has 0 fully saturated rings. The lowest BCUT2D eigenvalue weighted by atomic mass is 10.3. The van der Waals surface area contributed by atoms with E-state index in [0.29, 0.717) is 11.7 Å². The Kier molecular flexibility index (Phi) is 6.07. The van der Waals surface area contributed by atoms with Crippen LogP contribution in [0.25, 0.3) is 0 Å². The highest BCUT2D eigenvalue weighted by atomic mass is 79.9. The molecule has 0 aliphatic rings. The van der Waals surface area contributed by atoms with Crippen molar-refractivity contribution in [1.82, 2.24) is 10.6 Å². The maximum Gasteiger partial charge on any atom is 0.242 e. The second-order valence-electron chi connectivity index (χ2n) is 3.73. The van der Waals surface area contributed by atoms with Crippen molar-refractivity contribution in [3.63, 3.8) is 0 Å². The summed E-state index contributed by atoms with van der Waals surface area (Å²) in [6, 6.07) is 7.28. The third-order valence-electron chi connectivity index (χ3n) is 2.17. The van der Waals surface area contributed by atoms with E-state index in [4.69, 9.17) is 12.2 Å². The van der Waals surface area contributed by atoms with Crippen LogP contribution in [0.4, 0.5) is 5.69 Å². The molecule has 0 spiro atoms. The van der Waals surface area contributed by atoms with Gasteiger partial charge >= 0.3 is 0 Å². The molecular formula is C12H16BrN3OS. The fourth-order valence-electron chi connectivity index (χ4n) is 1.32. The van der Waals surface area contributed by atoms with Crippen LogP contribution in [0.1, 0.15) is 13.8 Å². The van der Waals surface area contributed by atoms with Crippen LogP contribution in [-0.4, -0.2) is 23.6 Å². The predicted octanol–water partition coefficient (Wildman–Crippen LogP) is 2.26. The molecular weight excluding hydrogens is 314 g/mol. The summed E-state index contributed by atoms with van der Waals surface area (Å²) in [4.78, 5) is 11.5. The van der Waals surface area contributed by atoms with Crippen LogP contribution in [0, 0.1) is 0 Å². The van der Waals surface area contributed by atoms with Crippen LogP contribution in [0.5, 0.6) is 0 Å². The second kappa shape index (κ2) is 7.33. The lowest BCUT2D eigenvalue weighted by molar-refractivity contribution is -0.122. The van der Waals surface area contributed by atoms with Gasteiger partial charge in [0.1, 0.15) is 6.04 Å². The summed E-state index contributed by atoms with van der Waals surface area (Å²) in [5.41, 5.74) is 0.866. The molecule has 0 saturated heterocycles. The Balaban J connectivity index is 2.49. The Bertz CT molecular complexity index is 439. The van der Waals surface area contributed by atoms with Crippen molar-refractivity contribution in [1.29, 1.82) is 0 Å². The molecule has 0 saturated carbocycles. The smallest absolute Gasteiger partial charge is 0.242 e. The van der Waals surface area contributed by atoms with Gasteiger partial charge in [0, 0.05) is 16.7 Å². The Hall–Kier alpha value is -1.14. The third kappa shape index (κ3) is 5.01. The quantitative estimate of drug-likeness (QED) is 0.742. The van der Waals surface area contributed by atoms with E-state index in [0.717, 1.165) is 10.2 Å². The van der Waals surface area contributed by atoms with Gasteiger partial charge in [-0.15, -0.1) is 0 Å². The molecule has 18 heavy (non-hydrogen) atoms. The van der Waals surface area contributed by atoms with E-state index in [1.165, 1.54) is 0 Å². The fraction of sp³-hybridized carbons (Fsp3) is 0.333. The number of carbonyl (C=O) groups excluding carboxylic acids is 1. The fourth-order valence-corrected chi connectivity index (χ4v) is 2.02. The van der Waals surface area contributed by atoms with Crippen LogP contribution in [-0.2, 0) is 4.79 Å². The van der Waals surface area contributed by atoms with Gasteiger partial charge in [0.15, 0.2) is 5.11 Å². The number of carbonyl (C=O) groups is 1. The summed E-state index contributed by atoms with van der Waals surface area (Å²) in [6.07, 6.45) is 0. The third-order valence-corrected chi connectivity index (χ3v) is 2.89. The molecule has 0 bridgehead atoms. The molecule has 1 amide bonds. The van der Waals surface area contributed by atoms with E-state index in [1.807, 2.05) is 31.2 Å². The molecule has 6 heteroatoms. The zero-order valence-electron chi connectivity index (χ0n) is 10.3. The van der Waals surface area contributed by atoms with Crippen molar-refractivity contribution >= 4 is 44.9 Å². The molecule has 0 heterocycles. The van der Waals surface area contributed by atoms with Crippen LogP contribution >= 0.6 is 28.1 Å². The molecule has 4 nitrogen and oxygen atoms in total. The minimum absolute atomic E-state index is 0.0732. The van der Waals surface area contributed by atoms with E-state index in [-0.39, 0.29) is 11.9 Å². The number of hydrogen-bond donors (Lipinski definition) is 3. The Morgan fingerprint density at radius 1 is 1.50 bits per heavy atom. The van der Waals surface area contributed by atoms with Gasteiger partial charge in [-0.05, 0) is 44.3 Å². The van der Waals surface area contributed by atoms with Gasteiger partial charge in [-0.1, -0.05) is 22.0 Å². The first-order valence-electron chi connectivity index (χ1n) is 5.63. The first-order valence-corrected chi connectivity index (χ1v) is 6.84. The van der Waals surface area contributed by atoms with Crippen LogP contribution in [0.2, 0.25) is 0 Å². The van der Waals surface area contributed by atoms with Gasteiger partial charge in [-0.3, -0.25) is 4.79 Å². The predicted molar refractivity (Wildman–Crippen MR) is 81.6 cm³/mol. The summed E-state index contributed by atoms with van der Waals surface area (Å²) in [7, 11) is 0. The van der Waals surface area contributed by atoms with Crippen LogP contribution in [0.3, 0.4) is 0 Å². The second-order valence-corrected chi connectivity index (χ2v) is 5.05. The van der Waals surface area contributed by atoms with Gasteiger partial charge in [-0.2, -0.15) is 0 Å². The number of thiocarbonyl (C=S) groups is 1. The van der Waals surface area contributed by atoms with Crippen molar-refractivity contribution in [3.8, 4) is 0 Å². The summed E-state index contributed by atoms with van der Waals surface area (Å²) in [5.74, 6) is -0.0732. The van der Waals surface area contributed by atoms with Crippen LogP contribution in [0.15, 0.2) is 28.7 Å². The average Bonchev–Trinajstić information content (AvgIpc) is 2.28. The van der Waals surface area contributed by atoms with Gasteiger partial charge in [0.2, 0.25) is 5.91 Å². The monoisotopic (exact) mass is 329 g/mol. The van der Waals surface area contributed by atoms with Gasteiger partial charge < -0.3 is 16.0 Å². The summed E-state index contributed by atoms with van der Waals surface area (Å²) < 4.78 is 0.965. The molecule has 1 atom stereocenters. The number of hydrogen-bond acceptors (Lipinski definition) is 2. The van der Waals surface area contributed by atoms with E-state index >= 15 is 0 Å². The van der Waals surface area contributed by atoms with E-state index in [1.54, 1.807) is 6.92 Å². The zero-order valence-corrected chi connectivity index (χ0v) is 12.7. The molecule has 0 aliphatic heterocycles. The molecule has 0 radical (unpaired) electrons. The summed E-state index contributed by atoms with van der Waals surface area (Å²) >= 11 is 8.52. The number of anilines is 1. The minimum atomic E-state index is -0.364. The topological polar surface area (TPSA) is 53.2 Å². The normalized spacial score (nSPS) is 11.5. The van der Waals surface area contributed by atoms with Crippen molar-refractivity contribution in [2.75, 3.05) is 11.9 Å². The van der Waals surface area contributed by atoms with Crippen molar-refractivity contribution < 1.29 is 4.79 Å². The van der Waals surface area contributed by atoms with E-state index < -0.39 is 0 Å². The van der Waals surface area contributed by atoms with Crippen molar-refractivity contribution in [2.24, 2.45) is 0 Å². The van der Waals surface area contributed by atoms with Crippen molar-refractivity contribution in [3.05, 3.63) is 28.7 Å². The Labute approximate surface area is 121 Å². The highest BCUT2D eigenvalue weighted by Gasteiger charge is 2.12. The van der Waals surface area contributed by atoms with Gasteiger partial charge in [-0.25, -0.2) is 0 Å². The Morgan fingerprint density at radius 3 is 2.83 bits per heavy atom. The largest absolute Gasteiger partial charge is 0.355 e. The maximum absolute atomic E-state index is 11.5. The van der Waals surface area contributed by atoms with Gasteiger partial charge in [0.25, 0.3) is 0 Å². The Morgan fingerprint density at radius 2 is 2.22 bits per heavy atom. The average molecular weight is 330 g/mol. The molecule has 0 aliphatic carbocycles. The standard InChI is InChI=1S/C12H16BrN3OS/c1-3-14-11(17)8(2)15-12(18)16-10-6-4-5-9(13)7-10/h4-8H,3H2,1-2H3,(H,14,17)(H2,15,16,18)/t8-/m1/s1. The highest BCUT2D eigenvalue weighted by Crippen LogP contribution is 2.15. The molecule has 0 aromatic heterocycles. The molecule has 98 valence electrons. The molecule has 1 aromatic carbocycles. The molecule has 1 rings (SSSR count). The van der Waals surface area contributed by atoms with Crippen LogP contribution < -0.4 is 16.0 Å². The number of amides is 1. The first kappa shape index (κ1) is 14.9. The number of nitrogens with one attached hydrogen (secondary N) is 3. The lowest BCUT2D eigenvalue weighted by Gasteiger charge is -2.16. The molecule has 0 unspecified atom stereocenters. The zero-order chi connectivity index (χ0) is 13.5. The number of rotatable bonds is 4. The van der Waals surface area contributed by atoms with Gasteiger partial charge in [0.05, 0.1) is 0 Å². The number of likely N-dealkylation sites (N-methyl/N-ethyl adjacent to an activating group) is 1. The first-order chi connectivity index (χ1) is 8.52. The van der Waals surface area contributed by atoms with E-state index in [2.05, 4.69) is 31.9 Å². The highest BCUT2D eigenvalue weighted by molar-refractivity contribution is 9.10. The lowest BCUT2D eigenvalue weighted by Crippen LogP contribution is -2.46. The molecule has 3 N–H and O–H groups in total.